The number of amides is 3. The molecule has 3 aromatic rings. The van der Waals surface area contributed by atoms with E-state index in [1.807, 2.05) is 33.0 Å². The number of fused-ring (bicyclic) bond motifs is 2. The first-order valence-electron chi connectivity index (χ1n) is 16.9. The van der Waals surface area contributed by atoms with E-state index in [1.54, 1.807) is 47.4 Å². The fourth-order valence-corrected chi connectivity index (χ4v) is 6.37. The van der Waals surface area contributed by atoms with Gasteiger partial charge < -0.3 is 39.6 Å². The Morgan fingerprint density at radius 2 is 1.70 bits per heavy atom. The number of halogens is 2. The number of anilines is 2. The molecular formula is C37H46Cl2N4O7. The molecule has 0 spiro atoms. The molecule has 13 heteroatoms. The van der Waals surface area contributed by atoms with Gasteiger partial charge in [0.2, 0.25) is 6.79 Å². The molecule has 0 bridgehead atoms. The van der Waals surface area contributed by atoms with E-state index in [2.05, 4.69) is 22.5 Å². The van der Waals surface area contributed by atoms with Gasteiger partial charge in [0.25, 0.3) is 5.91 Å². The molecule has 2 heterocycles. The van der Waals surface area contributed by atoms with Crippen molar-refractivity contribution in [3.8, 4) is 17.2 Å². The van der Waals surface area contributed by atoms with Crippen LogP contribution in [0, 0.1) is 5.92 Å². The standard InChI is InChI=1S/C37H46Cl2N4O7/c1-23-18-43(24(2)21-44)36(45)29-16-27(40-37(46)41-28-10-13-33-34(17-28)49-22-48-33)9-12-32(29)50-25(3)7-5-6-14-47-35(23)20-42(4)19-26-8-11-30(38)31(39)15-26/h8-13,15-17,23-25,35,44H,5-7,14,18-22H2,1-4H3,(H2,40,41,46)/t23-,24-,25+,35+/m1/s1. The van der Waals surface area contributed by atoms with Crippen molar-refractivity contribution in [3.05, 3.63) is 75.8 Å². The van der Waals surface area contributed by atoms with Gasteiger partial charge in [-0.1, -0.05) is 36.2 Å². The van der Waals surface area contributed by atoms with E-state index >= 15 is 0 Å². The molecule has 3 amide bonds. The molecule has 0 radical (unpaired) electrons. The number of carbonyl (C=O) groups excluding carboxylic acids is 2. The lowest BCUT2D eigenvalue weighted by atomic mass is 10.0. The number of carbonyl (C=O) groups is 2. The van der Waals surface area contributed by atoms with Gasteiger partial charge in [-0.2, -0.15) is 0 Å². The van der Waals surface area contributed by atoms with Crippen molar-refractivity contribution in [2.75, 3.05) is 50.8 Å². The molecule has 2 aliphatic rings. The first kappa shape index (κ1) is 37.5. The SMILES string of the molecule is C[C@@H]1CN([C@H](C)CO)C(=O)c2cc(NC(=O)Nc3ccc4c(c3)OCO4)ccc2O[C@@H](C)CCCCO[C@H]1CN(C)Cc1ccc(Cl)c(Cl)c1. The summed E-state index contributed by atoms with van der Waals surface area (Å²) in [4.78, 5) is 31.3. The monoisotopic (exact) mass is 728 g/mol. The predicted octanol–water partition coefficient (Wildman–Crippen LogP) is 7.29. The Morgan fingerprint density at radius 1 is 0.980 bits per heavy atom. The molecule has 0 saturated heterocycles. The van der Waals surface area contributed by atoms with Crippen LogP contribution in [0.1, 0.15) is 56.0 Å². The number of aliphatic hydroxyl groups excluding tert-OH is 1. The third-order valence-corrected chi connectivity index (χ3v) is 9.61. The van der Waals surface area contributed by atoms with Crippen molar-refractivity contribution < 1.29 is 33.6 Å². The van der Waals surface area contributed by atoms with Crippen molar-refractivity contribution in [2.45, 2.75) is 64.8 Å². The Hall–Kier alpha value is -3.74. The molecule has 0 saturated carbocycles. The maximum atomic E-state index is 14.4. The van der Waals surface area contributed by atoms with Gasteiger partial charge in [-0.25, -0.2) is 4.79 Å². The number of benzene rings is 3. The van der Waals surface area contributed by atoms with Crippen LogP contribution in [0.4, 0.5) is 16.2 Å². The van der Waals surface area contributed by atoms with Gasteiger partial charge in [0.1, 0.15) is 5.75 Å². The summed E-state index contributed by atoms with van der Waals surface area (Å²) in [5.74, 6) is 1.16. The first-order chi connectivity index (χ1) is 24.0. The van der Waals surface area contributed by atoms with Crippen LogP contribution in [0.3, 0.4) is 0 Å². The zero-order chi connectivity index (χ0) is 35.8. The highest BCUT2D eigenvalue weighted by Crippen LogP contribution is 2.34. The van der Waals surface area contributed by atoms with Crippen LogP contribution in [0.15, 0.2) is 54.6 Å². The quantitative estimate of drug-likeness (QED) is 0.221. The highest BCUT2D eigenvalue weighted by Gasteiger charge is 2.30. The molecule has 3 N–H and O–H groups in total. The van der Waals surface area contributed by atoms with E-state index in [9.17, 15) is 14.7 Å². The fraction of sp³-hybridized carbons (Fsp3) is 0.459. The van der Waals surface area contributed by atoms with Crippen LogP contribution < -0.4 is 24.8 Å². The Kier molecular flexibility index (Phi) is 13.1. The maximum Gasteiger partial charge on any atom is 0.323 e. The summed E-state index contributed by atoms with van der Waals surface area (Å²) in [5.41, 5.74) is 2.24. The number of nitrogens with one attached hydrogen (secondary N) is 2. The summed E-state index contributed by atoms with van der Waals surface area (Å²) >= 11 is 12.4. The molecule has 0 aliphatic carbocycles. The molecule has 0 aromatic heterocycles. The van der Waals surface area contributed by atoms with E-state index in [0.717, 1.165) is 24.8 Å². The molecule has 50 heavy (non-hydrogen) atoms. The van der Waals surface area contributed by atoms with E-state index in [1.165, 1.54) is 0 Å². The number of hydrogen-bond donors (Lipinski definition) is 3. The van der Waals surface area contributed by atoms with E-state index in [4.69, 9.17) is 42.1 Å². The molecule has 0 unspecified atom stereocenters. The van der Waals surface area contributed by atoms with Crippen molar-refractivity contribution in [2.24, 2.45) is 5.92 Å². The number of rotatable bonds is 8. The van der Waals surface area contributed by atoms with Crippen molar-refractivity contribution in [1.82, 2.24) is 9.80 Å². The number of aliphatic hydroxyl groups is 1. The lowest BCUT2D eigenvalue weighted by Gasteiger charge is -2.36. The molecule has 11 nitrogen and oxygen atoms in total. The fourth-order valence-electron chi connectivity index (χ4n) is 6.05. The maximum absolute atomic E-state index is 14.4. The van der Waals surface area contributed by atoms with Crippen molar-refractivity contribution in [1.29, 1.82) is 0 Å². The van der Waals surface area contributed by atoms with Gasteiger partial charge in [0.15, 0.2) is 11.5 Å². The zero-order valence-corrected chi connectivity index (χ0v) is 30.4. The number of urea groups is 1. The number of ether oxygens (including phenoxy) is 4. The van der Waals surface area contributed by atoms with Crippen LogP contribution in [-0.4, -0.2) is 85.2 Å². The van der Waals surface area contributed by atoms with Crippen LogP contribution in [0.25, 0.3) is 0 Å². The van der Waals surface area contributed by atoms with Crippen LogP contribution in [0.2, 0.25) is 10.0 Å². The summed E-state index contributed by atoms with van der Waals surface area (Å²) in [6.45, 7) is 7.89. The Bertz CT molecular complexity index is 1640. The summed E-state index contributed by atoms with van der Waals surface area (Å²) < 4.78 is 23.6. The Morgan fingerprint density at radius 3 is 2.44 bits per heavy atom. The summed E-state index contributed by atoms with van der Waals surface area (Å²) in [6, 6.07) is 14.8. The average molecular weight is 730 g/mol. The topological polar surface area (TPSA) is 122 Å². The zero-order valence-electron chi connectivity index (χ0n) is 28.9. The molecule has 4 atom stereocenters. The highest BCUT2D eigenvalue weighted by atomic mass is 35.5. The lowest BCUT2D eigenvalue weighted by molar-refractivity contribution is -0.0177. The predicted molar refractivity (Wildman–Crippen MR) is 195 cm³/mol. The number of likely N-dealkylation sites (N-methyl/N-ethyl adjacent to an activating group) is 1. The Labute approximate surface area is 303 Å². The molecule has 2 aliphatic heterocycles. The minimum absolute atomic E-state index is 0.0933. The second-order valence-corrected chi connectivity index (χ2v) is 13.9. The van der Waals surface area contributed by atoms with Crippen LogP contribution in [-0.2, 0) is 11.3 Å². The largest absolute Gasteiger partial charge is 0.490 e. The second-order valence-electron chi connectivity index (χ2n) is 13.1. The van der Waals surface area contributed by atoms with Crippen molar-refractivity contribution in [3.63, 3.8) is 0 Å². The minimum Gasteiger partial charge on any atom is -0.490 e. The van der Waals surface area contributed by atoms with Crippen LogP contribution in [0.5, 0.6) is 17.2 Å². The van der Waals surface area contributed by atoms with Gasteiger partial charge in [-0.15, -0.1) is 0 Å². The smallest absolute Gasteiger partial charge is 0.323 e. The van der Waals surface area contributed by atoms with Gasteiger partial charge >= 0.3 is 6.03 Å². The van der Waals surface area contributed by atoms with E-state index in [-0.39, 0.29) is 43.0 Å². The summed E-state index contributed by atoms with van der Waals surface area (Å²) in [7, 11) is 2.02. The molecular weight excluding hydrogens is 683 g/mol. The molecule has 3 aromatic carbocycles. The minimum atomic E-state index is -0.497. The van der Waals surface area contributed by atoms with E-state index in [0.29, 0.717) is 64.9 Å². The Balaban J connectivity index is 1.36. The highest BCUT2D eigenvalue weighted by molar-refractivity contribution is 6.42. The normalized spacial score (nSPS) is 20.4. The van der Waals surface area contributed by atoms with Gasteiger partial charge in [-0.05, 0) is 88.2 Å². The number of nitrogens with zero attached hydrogens (tertiary/aromatic N) is 2. The van der Waals surface area contributed by atoms with Gasteiger partial charge in [-0.3, -0.25) is 9.69 Å². The van der Waals surface area contributed by atoms with Crippen molar-refractivity contribution >= 4 is 46.5 Å². The summed E-state index contributed by atoms with van der Waals surface area (Å²) in [6.07, 6.45) is 2.14. The van der Waals surface area contributed by atoms with Crippen LogP contribution >= 0.6 is 23.2 Å². The first-order valence-corrected chi connectivity index (χ1v) is 17.7. The molecule has 0 fully saturated rings. The summed E-state index contributed by atoms with van der Waals surface area (Å²) in [5, 5.41) is 16.9. The lowest BCUT2D eigenvalue weighted by Crippen LogP contribution is -2.47. The molecule has 5 rings (SSSR count). The average Bonchev–Trinajstić information content (AvgIpc) is 3.55. The van der Waals surface area contributed by atoms with E-state index < -0.39 is 12.1 Å². The third kappa shape index (κ3) is 9.95. The number of hydrogen-bond acceptors (Lipinski definition) is 8. The second kappa shape index (κ2) is 17.5. The third-order valence-electron chi connectivity index (χ3n) is 8.87. The molecule has 270 valence electrons. The van der Waals surface area contributed by atoms with Gasteiger partial charge in [0.05, 0.1) is 40.5 Å². The van der Waals surface area contributed by atoms with Gasteiger partial charge in [0, 0.05) is 49.6 Å².